The number of carbonyl (C=O) groups is 1. The molecule has 0 radical (unpaired) electrons. The van der Waals surface area contributed by atoms with Crippen LogP contribution < -0.4 is 0 Å². The van der Waals surface area contributed by atoms with Gasteiger partial charge in [0, 0.05) is 35.3 Å². The summed E-state index contributed by atoms with van der Waals surface area (Å²) in [5.74, 6) is -0.314. The van der Waals surface area contributed by atoms with E-state index in [1.54, 1.807) is 13.2 Å². The minimum absolute atomic E-state index is 0.0197. The van der Waals surface area contributed by atoms with E-state index in [9.17, 15) is 9.18 Å². The molecule has 1 amide bonds. The summed E-state index contributed by atoms with van der Waals surface area (Å²) in [6.07, 6.45) is 3.20. The molecule has 1 heterocycles. The first-order chi connectivity index (χ1) is 11.5. The molecule has 2 rings (SSSR count). The van der Waals surface area contributed by atoms with Gasteiger partial charge in [0.15, 0.2) is 0 Å². The second-order valence-electron chi connectivity index (χ2n) is 6.26. The van der Waals surface area contributed by atoms with Crippen molar-refractivity contribution in [1.29, 1.82) is 0 Å². The van der Waals surface area contributed by atoms with Crippen molar-refractivity contribution in [2.24, 2.45) is 0 Å². The Morgan fingerprint density at radius 3 is 2.71 bits per heavy atom. The fourth-order valence-electron chi connectivity index (χ4n) is 2.88. The summed E-state index contributed by atoms with van der Waals surface area (Å²) in [4.78, 5) is 15.6. The number of unbranched alkanes of at least 4 members (excludes halogenated alkanes) is 2. The Balaban J connectivity index is 2.43. The molecule has 0 unspecified atom stereocenters. The topological polar surface area (TPSA) is 29.5 Å². The third kappa shape index (κ3) is 3.95. The van der Waals surface area contributed by atoms with E-state index in [0.29, 0.717) is 15.8 Å². The van der Waals surface area contributed by atoms with Crippen LogP contribution in [0.4, 0.5) is 4.39 Å². The summed E-state index contributed by atoms with van der Waals surface area (Å²) >= 11 is 1.36. The number of benzene rings is 1. The lowest BCUT2D eigenvalue weighted by Crippen LogP contribution is -2.37. The number of nitrogens with zero attached hydrogens (tertiary/aromatic N) is 1. The van der Waals surface area contributed by atoms with Crippen molar-refractivity contribution in [3.05, 3.63) is 34.5 Å². The molecule has 0 saturated carbocycles. The van der Waals surface area contributed by atoms with Crippen molar-refractivity contribution in [2.75, 3.05) is 13.7 Å². The lowest BCUT2D eigenvalue weighted by Gasteiger charge is -2.26. The number of carbonyl (C=O) groups excluding carboxylic acids is 1. The predicted molar refractivity (Wildman–Crippen MR) is 98.2 cm³/mol. The molecule has 0 bridgehead atoms. The summed E-state index contributed by atoms with van der Waals surface area (Å²) in [5, 5.41) is 0.518. The van der Waals surface area contributed by atoms with E-state index in [-0.39, 0.29) is 24.4 Å². The average molecular weight is 351 g/mol. The largest absolute Gasteiger partial charge is 0.380 e. The number of ether oxygens (including phenoxy) is 1. The van der Waals surface area contributed by atoms with Crippen molar-refractivity contribution in [3.63, 3.8) is 0 Å². The van der Waals surface area contributed by atoms with Gasteiger partial charge in [-0.3, -0.25) is 4.79 Å². The summed E-state index contributed by atoms with van der Waals surface area (Å²) in [6, 6.07) is 5.08. The normalized spacial score (nSPS) is 11.4. The standard InChI is InChI=1S/C19H26FNO2S/c1-5-6-7-11-21(13(2)3)19(22)18-14(12-23-4)17-15(20)9-8-10-16(17)24-18/h8-10,13H,5-7,11-12H2,1-4H3. The van der Waals surface area contributed by atoms with Gasteiger partial charge in [-0.15, -0.1) is 11.3 Å². The fourth-order valence-corrected chi connectivity index (χ4v) is 4.06. The van der Waals surface area contributed by atoms with Crippen molar-refractivity contribution >= 4 is 27.3 Å². The molecule has 132 valence electrons. The molecule has 0 aliphatic heterocycles. The molecule has 0 spiro atoms. The number of amides is 1. The number of thiophene rings is 1. The highest BCUT2D eigenvalue weighted by atomic mass is 32.1. The molecule has 3 nitrogen and oxygen atoms in total. The van der Waals surface area contributed by atoms with Gasteiger partial charge in [-0.2, -0.15) is 0 Å². The van der Waals surface area contributed by atoms with Crippen LogP contribution >= 0.6 is 11.3 Å². The third-order valence-corrected chi connectivity index (χ3v) is 5.32. The Labute approximate surface area is 147 Å². The van der Waals surface area contributed by atoms with Gasteiger partial charge in [0.1, 0.15) is 5.82 Å². The Bertz CT molecular complexity index is 696. The molecule has 2 aromatic rings. The molecule has 24 heavy (non-hydrogen) atoms. The quantitative estimate of drug-likeness (QED) is 0.610. The molecule has 0 N–H and O–H groups in total. The van der Waals surface area contributed by atoms with Crippen LogP contribution in [0.25, 0.3) is 10.1 Å². The Hall–Kier alpha value is -1.46. The van der Waals surface area contributed by atoms with E-state index < -0.39 is 0 Å². The molecular formula is C19H26FNO2S. The molecule has 1 aromatic carbocycles. The average Bonchev–Trinajstić information content (AvgIpc) is 2.91. The molecule has 0 saturated heterocycles. The summed E-state index contributed by atoms with van der Waals surface area (Å²) in [5.41, 5.74) is 0.668. The van der Waals surface area contributed by atoms with Crippen molar-refractivity contribution < 1.29 is 13.9 Å². The smallest absolute Gasteiger partial charge is 0.264 e. The van der Waals surface area contributed by atoms with E-state index in [1.807, 2.05) is 24.8 Å². The summed E-state index contributed by atoms with van der Waals surface area (Å²) in [7, 11) is 1.57. The number of hydrogen-bond donors (Lipinski definition) is 0. The maximum atomic E-state index is 14.3. The monoisotopic (exact) mass is 351 g/mol. The van der Waals surface area contributed by atoms with Crippen molar-refractivity contribution in [1.82, 2.24) is 4.90 Å². The van der Waals surface area contributed by atoms with Crippen LogP contribution in [0.1, 0.15) is 55.3 Å². The van der Waals surface area contributed by atoms with Gasteiger partial charge in [-0.05, 0) is 32.4 Å². The zero-order chi connectivity index (χ0) is 17.7. The molecule has 1 aromatic heterocycles. The maximum Gasteiger partial charge on any atom is 0.264 e. The van der Waals surface area contributed by atoms with Crippen molar-refractivity contribution in [2.45, 2.75) is 52.7 Å². The van der Waals surface area contributed by atoms with Crippen LogP contribution in [0.3, 0.4) is 0 Å². The number of rotatable bonds is 8. The number of fused-ring (bicyclic) bond motifs is 1. The Morgan fingerprint density at radius 1 is 1.33 bits per heavy atom. The third-order valence-electron chi connectivity index (χ3n) is 4.13. The lowest BCUT2D eigenvalue weighted by atomic mass is 10.1. The number of halogens is 1. The molecular weight excluding hydrogens is 325 g/mol. The highest BCUT2D eigenvalue weighted by Crippen LogP contribution is 2.35. The number of methoxy groups -OCH3 is 1. The molecule has 0 atom stereocenters. The van der Waals surface area contributed by atoms with Crippen LogP contribution in [0.2, 0.25) is 0 Å². The van der Waals surface area contributed by atoms with E-state index in [4.69, 9.17) is 4.74 Å². The lowest BCUT2D eigenvalue weighted by molar-refractivity contribution is 0.0703. The zero-order valence-electron chi connectivity index (χ0n) is 14.9. The maximum absolute atomic E-state index is 14.3. The SMILES string of the molecule is CCCCCN(C(=O)c1sc2cccc(F)c2c1COC)C(C)C. The zero-order valence-corrected chi connectivity index (χ0v) is 15.7. The van der Waals surface area contributed by atoms with Crippen LogP contribution in [0, 0.1) is 5.82 Å². The van der Waals surface area contributed by atoms with Crippen LogP contribution in [0.15, 0.2) is 18.2 Å². The van der Waals surface area contributed by atoms with E-state index in [0.717, 1.165) is 30.5 Å². The second kappa shape index (κ2) is 8.58. The second-order valence-corrected chi connectivity index (χ2v) is 7.31. The molecule has 5 heteroatoms. The van der Waals surface area contributed by atoms with E-state index in [2.05, 4.69) is 6.92 Å². The van der Waals surface area contributed by atoms with Crippen LogP contribution in [-0.4, -0.2) is 30.5 Å². The molecule has 0 aliphatic rings. The fraction of sp³-hybridized carbons (Fsp3) is 0.526. The molecule has 0 aliphatic carbocycles. The van der Waals surface area contributed by atoms with E-state index in [1.165, 1.54) is 17.4 Å². The van der Waals surface area contributed by atoms with Gasteiger partial charge in [0.2, 0.25) is 0 Å². The van der Waals surface area contributed by atoms with Gasteiger partial charge >= 0.3 is 0 Å². The van der Waals surface area contributed by atoms with Crippen LogP contribution in [-0.2, 0) is 11.3 Å². The Kier molecular flexibility index (Phi) is 6.75. The minimum Gasteiger partial charge on any atom is -0.380 e. The minimum atomic E-state index is -0.295. The van der Waals surface area contributed by atoms with Gasteiger partial charge < -0.3 is 9.64 Å². The van der Waals surface area contributed by atoms with Gasteiger partial charge in [0.05, 0.1) is 11.5 Å². The first-order valence-electron chi connectivity index (χ1n) is 8.51. The van der Waals surface area contributed by atoms with Crippen LogP contribution in [0.5, 0.6) is 0 Å². The first-order valence-corrected chi connectivity index (χ1v) is 9.32. The van der Waals surface area contributed by atoms with Gasteiger partial charge in [0.25, 0.3) is 5.91 Å². The predicted octanol–water partition coefficient (Wildman–Crippen LogP) is 5.23. The Morgan fingerprint density at radius 2 is 2.08 bits per heavy atom. The highest BCUT2D eigenvalue weighted by Gasteiger charge is 2.25. The highest BCUT2D eigenvalue weighted by molar-refractivity contribution is 7.21. The first kappa shape index (κ1) is 18.9. The van der Waals surface area contributed by atoms with Gasteiger partial charge in [-0.25, -0.2) is 4.39 Å². The number of hydrogen-bond acceptors (Lipinski definition) is 3. The van der Waals surface area contributed by atoms with E-state index >= 15 is 0 Å². The molecule has 0 fully saturated rings. The van der Waals surface area contributed by atoms with Crippen molar-refractivity contribution in [3.8, 4) is 0 Å². The summed E-state index contributed by atoms with van der Waals surface area (Å²) in [6.45, 7) is 7.16. The van der Waals surface area contributed by atoms with Gasteiger partial charge in [-0.1, -0.05) is 25.8 Å². The summed E-state index contributed by atoms with van der Waals surface area (Å²) < 4.78 is 20.3.